The summed E-state index contributed by atoms with van der Waals surface area (Å²) in [5, 5.41) is 0. The predicted molar refractivity (Wildman–Crippen MR) is 109 cm³/mol. The van der Waals surface area contributed by atoms with Gasteiger partial charge in [0.1, 0.15) is 0 Å². The minimum absolute atomic E-state index is 0.0152. The first kappa shape index (κ1) is 18.8. The molecule has 1 unspecified atom stereocenters. The van der Waals surface area contributed by atoms with Gasteiger partial charge in [-0.25, -0.2) is 0 Å². The summed E-state index contributed by atoms with van der Waals surface area (Å²) >= 11 is 0. The van der Waals surface area contributed by atoms with Gasteiger partial charge in [-0.2, -0.15) is 0 Å². The molecule has 2 nitrogen and oxygen atoms in total. The Kier molecular flexibility index (Phi) is 7.24. The third-order valence-electron chi connectivity index (χ3n) is 4.08. The standard InChI is InChI=1S/C23H27NO/c1-5-13-22(25-6-2)18-23(20-14-9-7-10-15-20)19(3)24(4)21-16-11-8-12-17-21/h5,7-12,14-18,22H,1,3,6,13H2,2,4H3/b23-18-. The number of allylic oxidation sites excluding steroid dienone is 1. The van der Waals surface area contributed by atoms with E-state index in [2.05, 4.69) is 48.4 Å². The summed E-state index contributed by atoms with van der Waals surface area (Å²) in [5.74, 6) is 0. The van der Waals surface area contributed by atoms with E-state index in [4.69, 9.17) is 4.74 Å². The SMILES string of the molecule is C=CCC(/C=C(/C(=C)N(C)c1ccccc1)c1ccccc1)OCC. The second-order valence-corrected chi connectivity index (χ2v) is 5.81. The molecule has 0 bridgehead atoms. The second kappa shape index (κ2) is 9.65. The lowest BCUT2D eigenvalue weighted by molar-refractivity contribution is 0.0989. The number of hydrogen-bond acceptors (Lipinski definition) is 2. The summed E-state index contributed by atoms with van der Waals surface area (Å²) in [4.78, 5) is 2.11. The molecular formula is C23H27NO. The molecule has 0 fully saturated rings. The maximum absolute atomic E-state index is 5.86. The summed E-state index contributed by atoms with van der Waals surface area (Å²) in [6, 6.07) is 20.6. The van der Waals surface area contributed by atoms with Crippen molar-refractivity contribution in [3.8, 4) is 0 Å². The van der Waals surface area contributed by atoms with Crippen molar-refractivity contribution < 1.29 is 4.74 Å². The van der Waals surface area contributed by atoms with Gasteiger partial charge in [0.25, 0.3) is 0 Å². The molecule has 0 saturated heterocycles. The van der Waals surface area contributed by atoms with Gasteiger partial charge in [0, 0.05) is 30.6 Å². The largest absolute Gasteiger partial charge is 0.374 e. The van der Waals surface area contributed by atoms with Gasteiger partial charge in [-0.3, -0.25) is 0 Å². The molecule has 2 aromatic rings. The number of rotatable bonds is 9. The van der Waals surface area contributed by atoms with Gasteiger partial charge in [-0.05, 0) is 37.1 Å². The molecule has 0 saturated carbocycles. The Labute approximate surface area is 151 Å². The summed E-state index contributed by atoms with van der Waals surface area (Å²) in [5.41, 5.74) is 4.24. The molecule has 2 rings (SSSR count). The van der Waals surface area contributed by atoms with Gasteiger partial charge >= 0.3 is 0 Å². The van der Waals surface area contributed by atoms with Crippen LogP contribution in [-0.2, 0) is 4.74 Å². The second-order valence-electron chi connectivity index (χ2n) is 5.81. The van der Waals surface area contributed by atoms with Crippen molar-refractivity contribution in [3.63, 3.8) is 0 Å². The molecule has 0 amide bonds. The highest BCUT2D eigenvalue weighted by molar-refractivity contribution is 5.83. The monoisotopic (exact) mass is 333 g/mol. The Morgan fingerprint density at radius 1 is 1.08 bits per heavy atom. The van der Waals surface area contributed by atoms with Crippen LogP contribution in [0.2, 0.25) is 0 Å². The topological polar surface area (TPSA) is 12.5 Å². The number of likely N-dealkylation sites (N-methyl/N-ethyl adjacent to an activating group) is 1. The average molecular weight is 333 g/mol. The molecule has 0 aliphatic carbocycles. The fraction of sp³-hybridized carbons (Fsp3) is 0.217. The molecule has 0 N–H and O–H groups in total. The van der Waals surface area contributed by atoms with E-state index in [1.54, 1.807) is 0 Å². The van der Waals surface area contributed by atoms with Crippen molar-refractivity contribution in [1.82, 2.24) is 0 Å². The van der Waals surface area contributed by atoms with Gasteiger partial charge in [-0.1, -0.05) is 61.2 Å². The van der Waals surface area contributed by atoms with Gasteiger partial charge in [-0.15, -0.1) is 6.58 Å². The zero-order valence-electron chi connectivity index (χ0n) is 15.2. The fourth-order valence-corrected chi connectivity index (χ4v) is 2.71. The van der Waals surface area contributed by atoms with Crippen LogP contribution in [0.4, 0.5) is 5.69 Å². The lowest BCUT2D eigenvalue weighted by Crippen LogP contribution is -2.18. The van der Waals surface area contributed by atoms with Crippen molar-refractivity contribution in [2.45, 2.75) is 19.4 Å². The zero-order valence-corrected chi connectivity index (χ0v) is 15.2. The molecule has 25 heavy (non-hydrogen) atoms. The van der Waals surface area contributed by atoms with Crippen LogP contribution in [0.5, 0.6) is 0 Å². The zero-order chi connectivity index (χ0) is 18.1. The molecule has 130 valence electrons. The van der Waals surface area contributed by atoms with Crippen LogP contribution in [0.1, 0.15) is 18.9 Å². The number of benzene rings is 2. The lowest BCUT2D eigenvalue weighted by atomic mass is 9.99. The van der Waals surface area contributed by atoms with Crippen LogP contribution in [0.3, 0.4) is 0 Å². The summed E-state index contributed by atoms with van der Waals surface area (Å²) in [6.45, 7) is 10.9. The number of nitrogens with zero attached hydrogens (tertiary/aromatic N) is 1. The minimum atomic E-state index is -0.0152. The van der Waals surface area contributed by atoms with Crippen molar-refractivity contribution in [3.05, 3.63) is 97.2 Å². The van der Waals surface area contributed by atoms with E-state index >= 15 is 0 Å². The highest BCUT2D eigenvalue weighted by Crippen LogP contribution is 2.29. The number of anilines is 1. The number of hydrogen-bond donors (Lipinski definition) is 0. The normalized spacial score (nSPS) is 12.5. The molecule has 2 aromatic carbocycles. The lowest BCUT2D eigenvalue weighted by Gasteiger charge is -2.25. The van der Waals surface area contributed by atoms with Crippen molar-refractivity contribution in [1.29, 1.82) is 0 Å². The van der Waals surface area contributed by atoms with Gasteiger partial charge in [0.15, 0.2) is 0 Å². The van der Waals surface area contributed by atoms with Crippen LogP contribution < -0.4 is 4.90 Å². The van der Waals surface area contributed by atoms with E-state index in [9.17, 15) is 0 Å². The molecule has 0 heterocycles. The number of ether oxygens (including phenoxy) is 1. The highest BCUT2D eigenvalue weighted by Gasteiger charge is 2.14. The van der Waals surface area contributed by atoms with Crippen molar-refractivity contribution >= 4 is 11.3 Å². The first-order valence-electron chi connectivity index (χ1n) is 8.65. The third kappa shape index (κ3) is 5.20. The molecular weight excluding hydrogens is 306 g/mol. The van der Waals surface area contributed by atoms with Crippen LogP contribution in [-0.4, -0.2) is 19.8 Å². The fourth-order valence-electron chi connectivity index (χ4n) is 2.71. The summed E-state index contributed by atoms with van der Waals surface area (Å²) in [7, 11) is 2.04. The smallest absolute Gasteiger partial charge is 0.0799 e. The van der Waals surface area contributed by atoms with Gasteiger partial charge < -0.3 is 9.64 Å². The van der Waals surface area contributed by atoms with Crippen molar-refractivity contribution in [2.75, 3.05) is 18.6 Å². The van der Waals surface area contributed by atoms with Gasteiger partial charge in [0.2, 0.25) is 0 Å². The summed E-state index contributed by atoms with van der Waals surface area (Å²) in [6.07, 6.45) is 4.80. The molecule has 2 heteroatoms. The van der Waals surface area contributed by atoms with Crippen LogP contribution in [0.25, 0.3) is 5.57 Å². The maximum atomic E-state index is 5.86. The van der Waals surface area contributed by atoms with Crippen molar-refractivity contribution in [2.24, 2.45) is 0 Å². The Bertz CT molecular complexity index is 703. The van der Waals surface area contributed by atoms with E-state index in [0.29, 0.717) is 6.61 Å². The molecule has 0 aliphatic rings. The average Bonchev–Trinajstić information content (AvgIpc) is 2.66. The molecule has 1 atom stereocenters. The quantitative estimate of drug-likeness (QED) is 0.431. The van der Waals surface area contributed by atoms with E-state index in [1.165, 1.54) is 0 Å². The molecule has 0 aliphatic heterocycles. The van der Waals surface area contributed by atoms with E-state index in [-0.39, 0.29) is 6.10 Å². The molecule has 0 aromatic heterocycles. The van der Waals surface area contributed by atoms with Crippen LogP contribution in [0.15, 0.2) is 91.7 Å². The maximum Gasteiger partial charge on any atom is 0.0799 e. The first-order valence-corrected chi connectivity index (χ1v) is 8.65. The predicted octanol–water partition coefficient (Wildman–Crippen LogP) is 5.70. The highest BCUT2D eigenvalue weighted by atomic mass is 16.5. The summed E-state index contributed by atoms with van der Waals surface area (Å²) < 4.78 is 5.86. The number of para-hydroxylation sites is 1. The Balaban J connectivity index is 2.40. The van der Waals surface area contributed by atoms with E-state index in [0.717, 1.165) is 28.9 Å². The third-order valence-corrected chi connectivity index (χ3v) is 4.08. The minimum Gasteiger partial charge on any atom is -0.374 e. The van der Waals surface area contributed by atoms with Crippen LogP contribution in [0, 0.1) is 0 Å². The van der Waals surface area contributed by atoms with Crippen LogP contribution >= 0.6 is 0 Å². The van der Waals surface area contributed by atoms with E-state index in [1.807, 2.05) is 56.4 Å². The Hall–Kier alpha value is -2.58. The van der Waals surface area contributed by atoms with Gasteiger partial charge in [0.05, 0.1) is 6.10 Å². The van der Waals surface area contributed by atoms with E-state index < -0.39 is 0 Å². The Morgan fingerprint density at radius 3 is 2.24 bits per heavy atom. The molecule has 0 spiro atoms. The Morgan fingerprint density at radius 2 is 1.68 bits per heavy atom. The molecule has 0 radical (unpaired) electrons. The first-order chi connectivity index (χ1) is 12.2.